The molecule has 1 rings (SSSR count). The van der Waals surface area contributed by atoms with Crippen LogP contribution in [0.4, 0.5) is 14.5 Å². The molecule has 0 saturated heterocycles. The Balaban J connectivity index is 2.50. The highest BCUT2D eigenvalue weighted by atomic mass is 19.1. The van der Waals surface area contributed by atoms with E-state index < -0.39 is 23.2 Å². The number of halogens is 2. The molecule has 23 heavy (non-hydrogen) atoms. The van der Waals surface area contributed by atoms with Crippen molar-refractivity contribution in [1.29, 1.82) is 0 Å². The predicted octanol–water partition coefficient (Wildman–Crippen LogP) is 2.09. The Morgan fingerprint density at radius 1 is 1.09 bits per heavy atom. The molecule has 1 aromatic carbocycles. The van der Waals surface area contributed by atoms with Crippen molar-refractivity contribution in [2.24, 2.45) is 0 Å². The van der Waals surface area contributed by atoms with E-state index in [0.717, 1.165) is 25.1 Å². The van der Waals surface area contributed by atoms with Gasteiger partial charge in [-0.15, -0.1) is 0 Å². The van der Waals surface area contributed by atoms with E-state index in [1.807, 2.05) is 19.0 Å². The number of nitrogens with zero attached hydrogens (tertiary/aromatic N) is 2. The van der Waals surface area contributed by atoms with Gasteiger partial charge in [0.25, 0.3) is 0 Å². The molecule has 0 radical (unpaired) electrons. The zero-order chi connectivity index (χ0) is 17.4. The molecule has 0 heterocycles. The Morgan fingerprint density at radius 3 is 2.22 bits per heavy atom. The van der Waals surface area contributed by atoms with Crippen LogP contribution >= 0.6 is 0 Å². The Bertz CT molecular complexity index is 530. The van der Waals surface area contributed by atoms with Gasteiger partial charge in [0.05, 0.1) is 0 Å². The fourth-order valence-electron chi connectivity index (χ4n) is 2.06. The van der Waals surface area contributed by atoms with Crippen LogP contribution in [0.1, 0.15) is 19.8 Å². The van der Waals surface area contributed by atoms with Crippen LogP contribution in [0.15, 0.2) is 18.2 Å². The lowest BCUT2D eigenvalue weighted by Gasteiger charge is -2.21. The highest BCUT2D eigenvalue weighted by Gasteiger charge is 2.14. The maximum atomic E-state index is 13.5. The molecule has 0 bridgehead atoms. The van der Waals surface area contributed by atoms with Crippen LogP contribution in [-0.2, 0) is 9.59 Å². The third-order valence-electron chi connectivity index (χ3n) is 3.31. The number of hydrogen-bond donors (Lipinski definition) is 1. The molecular weight excluding hydrogens is 304 g/mol. The first-order valence-electron chi connectivity index (χ1n) is 7.45. The molecule has 0 spiro atoms. The molecule has 0 aromatic heterocycles. The second kappa shape index (κ2) is 9.19. The smallest absolute Gasteiger partial charge is 0.226 e. The molecule has 5 nitrogen and oxygen atoms in total. The molecule has 0 unspecified atom stereocenters. The molecule has 7 heteroatoms. The van der Waals surface area contributed by atoms with Gasteiger partial charge in [0, 0.05) is 26.4 Å². The summed E-state index contributed by atoms with van der Waals surface area (Å²) in [6.45, 7) is 3.01. The first kappa shape index (κ1) is 19.0. The molecule has 0 aliphatic heterocycles. The van der Waals surface area contributed by atoms with Crippen molar-refractivity contribution in [3.8, 4) is 0 Å². The van der Waals surface area contributed by atoms with E-state index in [1.54, 1.807) is 4.90 Å². The number of rotatable bonds is 8. The van der Waals surface area contributed by atoms with Crippen LogP contribution in [0, 0.1) is 11.6 Å². The summed E-state index contributed by atoms with van der Waals surface area (Å²) < 4.78 is 26.9. The minimum Gasteiger partial charge on any atom is -0.342 e. The highest BCUT2D eigenvalue weighted by molar-refractivity contribution is 5.91. The van der Waals surface area contributed by atoms with E-state index in [2.05, 4.69) is 5.32 Å². The Hall–Kier alpha value is -2.02. The number of nitrogens with one attached hydrogen (secondary N) is 1. The van der Waals surface area contributed by atoms with Crippen molar-refractivity contribution in [1.82, 2.24) is 9.80 Å². The average molecular weight is 327 g/mol. The largest absolute Gasteiger partial charge is 0.342 e. The van der Waals surface area contributed by atoms with Gasteiger partial charge in [0.2, 0.25) is 11.8 Å². The number of carbonyl (C=O) groups is 2. The van der Waals surface area contributed by atoms with Crippen LogP contribution in [0.25, 0.3) is 0 Å². The topological polar surface area (TPSA) is 52.7 Å². The van der Waals surface area contributed by atoms with E-state index in [-0.39, 0.29) is 18.9 Å². The lowest BCUT2D eigenvalue weighted by molar-refractivity contribution is -0.129. The molecule has 0 fully saturated rings. The van der Waals surface area contributed by atoms with Crippen molar-refractivity contribution >= 4 is 17.5 Å². The molecule has 1 N–H and O–H groups in total. The number of carbonyl (C=O) groups excluding carboxylic acids is 2. The second-order valence-corrected chi connectivity index (χ2v) is 5.56. The summed E-state index contributed by atoms with van der Waals surface area (Å²) in [7, 11) is 3.88. The van der Waals surface area contributed by atoms with Crippen LogP contribution in [0.2, 0.25) is 0 Å². The number of para-hydroxylation sites is 1. The lowest BCUT2D eigenvalue weighted by atomic mass is 10.2. The molecular formula is C16H23F2N3O2. The van der Waals surface area contributed by atoms with Gasteiger partial charge in [-0.1, -0.05) is 6.07 Å². The first-order valence-corrected chi connectivity index (χ1v) is 7.45. The SMILES string of the molecule is CC(=O)N(CCCN(C)C)CCC(=O)Nc1c(F)cccc1F. The van der Waals surface area contributed by atoms with Crippen molar-refractivity contribution in [3.05, 3.63) is 29.8 Å². The molecule has 0 aliphatic rings. The molecule has 0 atom stereocenters. The first-order chi connectivity index (χ1) is 10.8. The Morgan fingerprint density at radius 2 is 1.70 bits per heavy atom. The summed E-state index contributed by atoms with van der Waals surface area (Å²) in [5, 5.41) is 2.21. The zero-order valence-corrected chi connectivity index (χ0v) is 13.7. The van der Waals surface area contributed by atoms with E-state index in [1.165, 1.54) is 13.0 Å². The van der Waals surface area contributed by atoms with Gasteiger partial charge in [-0.05, 0) is 39.2 Å². The maximum absolute atomic E-state index is 13.5. The van der Waals surface area contributed by atoms with Crippen LogP contribution in [-0.4, -0.2) is 55.3 Å². The molecule has 2 amide bonds. The highest BCUT2D eigenvalue weighted by Crippen LogP contribution is 2.18. The van der Waals surface area contributed by atoms with Gasteiger partial charge in [-0.2, -0.15) is 0 Å². The third-order valence-corrected chi connectivity index (χ3v) is 3.31. The zero-order valence-electron chi connectivity index (χ0n) is 13.7. The monoisotopic (exact) mass is 327 g/mol. The van der Waals surface area contributed by atoms with Crippen molar-refractivity contribution in [3.63, 3.8) is 0 Å². The van der Waals surface area contributed by atoms with Crippen molar-refractivity contribution in [2.75, 3.05) is 39.0 Å². The fourth-order valence-corrected chi connectivity index (χ4v) is 2.06. The summed E-state index contributed by atoms with van der Waals surface area (Å²) in [6, 6.07) is 3.37. The summed E-state index contributed by atoms with van der Waals surface area (Å²) in [6.07, 6.45) is 0.769. The van der Waals surface area contributed by atoms with E-state index >= 15 is 0 Å². The van der Waals surface area contributed by atoms with Gasteiger partial charge in [-0.3, -0.25) is 9.59 Å². The molecule has 0 saturated carbocycles. The van der Waals surface area contributed by atoms with E-state index in [0.29, 0.717) is 6.54 Å². The number of amides is 2. The van der Waals surface area contributed by atoms with Gasteiger partial charge >= 0.3 is 0 Å². The fraction of sp³-hybridized carbons (Fsp3) is 0.500. The van der Waals surface area contributed by atoms with Gasteiger partial charge in [-0.25, -0.2) is 8.78 Å². The number of anilines is 1. The summed E-state index contributed by atoms with van der Waals surface area (Å²) in [4.78, 5) is 27.0. The van der Waals surface area contributed by atoms with E-state index in [4.69, 9.17) is 0 Å². The summed E-state index contributed by atoms with van der Waals surface area (Å²) in [5.74, 6) is -2.32. The summed E-state index contributed by atoms with van der Waals surface area (Å²) >= 11 is 0. The molecule has 128 valence electrons. The van der Waals surface area contributed by atoms with E-state index in [9.17, 15) is 18.4 Å². The molecule has 1 aromatic rings. The minimum atomic E-state index is -0.826. The lowest BCUT2D eigenvalue weighted by Crippen LogP contribution is -2.34. The van der Waals surface area contributed by atoms with Gasteiger partial charge in [0.1, 0.15) is 17.3 Å². The molecule has 0 aliphatic carbocycles. The standard InChI is InChI=1S/C16H23F2N3O2/c1-12(22)21(10-5-9-20(2)3)11-8-15(23)19-16-13(17)6-4-7-14(16)18/h4,6-7H,5,8-11H2,1-3H3,(H,19,23). The number of hydrogen-bond acceptors (Lipinski definition) is 3. The maximum Gasteiger partial charge on any atom is 0.226 e. The minimum absolute atomic E-state index is 0.0185. The summed E-state index contributed by atoms with van der Waals surface area (Å²) in [5.41, 5.74) is -0.459. The quantitative estimate of drug-likeness (QED) is 0.795. The Kier molecular flexibility index (Phi) is 7.61. The van der Waals surface area contributed by atoms with Gasteiger partial charge < -0.3 is 15.1 Å². The second-order valence-electron chi connectivity index (χ2n) is 5.56. The van der Waals surface area contributed by atoms with Gasteiger partial charge in [0.15, 0.2) is 0 Å². The van der Waals surface area contributed by atoms with Crippen LogP contribution in [0.3, 0.4) is 0 Å². The van der Waals surface area contributed by atoms with Crippen molar-refractivity contribution in [2.45, 2.75) is 19.8 Å². The van der Waals surface area contributed by atoms with Crippen molar-refractivity contribution < 1.29 is 18.4 Å². The predicted molar refractivity (Wildman–Crippen MR) is 85.0 cm³/mol. The number of benzene rings is 1. The normalized spacial score (nSPS) is 10.7. The Labute approximate surface area is 135 Å². The van der Waals surface area contributed by atoms with Crippen LogP contribution in [0.5, 0.6) is 0 Å². The van der Waals surface area contributed by atoms with Crippen LogP contribution < -0.4 is 5.32 Å². The average Bonchev–Trinajstić information content (AvgIpc) is 2.46. The third kappa shape index (κ3) is 6.73.